The number of methoxy groups -OCH3 is 1. The summed E-state index contributed by atoms with van der Waals surface area (Å²) in [4.78, 5) is 21.7. The number of nitrogens with zero attached hydrogens (tertiary/aromatic N) is 2. The summed E-state index contributed by atoms with van der Waals surface area (Å²) in [6.45, 7) is 2.22. The minimum atomic E-state index is -0.584. The molecule has 33 heavy (non-hydrogen) atoms. The number of rotatable bonds is 7. The Morgan fingerprint density at radius 3 is 2.61 bits per heavy atom. The second kappa shape index (κ2) is 10.2. The molecule has 0 aliphatic carbocycles. The first-order valence-electron chi connectivity index (χ1n) is 10.5. The molecule has 1 amide bonds. The van der Waals surface area contributed by atoms with Gasteiger partial charge in [0.05, 0.1) is 13.2 Å². The van der Waals surface area contributed by atoms with Gasteiger partial charge in [-0.15, -0.1) is 0 Å². The van der Waals surface area contributed by atoms with Crippen molar-refractivity contribution in [2.45, 2.75) is 19.6 Å². The lowest BCUT2D eigenvalue weighted by molar-refractivity contribution is -0.118. The molecule has 0 saturated heterocycles. The van der Waals surface area contributed by atoms with Gasteiger partial charge in [0.15, 0.2) is 16.6 Å². The number of carbonyl (C=O) groups excluding carboxylic acids is 1. The lowest BCUT2D eigenvalue weighted by Gasteiger charge is -2.31. The molecule has 2 aromatic carbocycles. The van der Waals surface area contributed by atoms with Gasteiger partial charge < -0.3 is 20.1 Å². The summed E-state index contributed by atoms with van der Waals surface area (Å²) in [5.74, 6) is 0.853. The predicted octanol–water partition coefficient (Wildman–Crippen LogP) is 4.31. The lowest BCUT2D eigenvalue weighted by Crippen LogP contribution is -2.45. The molecule has 0 radical (unpaired) electrons. The molecular weight excluding hydrogens is 436 g/mol. The van der Waals surface area contributed by atoms with E-state index in [2.05, 4.69) is 20.6 Å². The van der Waals surface area contributed by atoms with Gasteiger partial charge in [0.1, 0.15) is 18.3 Å². The molecule has 0 bridgehead atoms. The van der Waals surface area contributed by atoms with Crippen molar-refractivity contribution in [2.75, 3.05) is 12.4 Å². The molecule has 8 heteroatoms. The number of amides is 1. The van der Waals surface area contributed by atoms with Gasteiger partial charge in [0, 0.05) is 11.9 Å². The van der Waals surface area contributed by atoms with Crippen LogP contribution in [0.4, 0.5) is 5.82 Å². The average Bonchev–Trinajstić information content (AvgIpc) is 2.83. The van der Waals surface area contributed by atoms with E-state index in [1.54, 1.807) is 32.4 Å². The van der Waals surface area contributed by atoms with Crippen LogP contribution < -0.4 is 20.1 Å². The fourth-order valence-corrected chi connectivity index (χ4v) is 3.98. The van der Waals surface area contributed by atoms with Gasteiger partial charge in [-0.1, -0.05) is 42.5 Å². The van der Waals surface area contributed by atoms with Crippen LogP contribution in [0.25, 0.3) is 0 Å². The summed E-state index contributed by atoms with van der Waals surface area (Å²) in [7, 11) is 1.59. The smallest absolute Gasteiger partial charge is 0.236 e. The summed E-state index contributed by atoms with van der Waals surface area (Å²) in [6.07, 6.45) is 1.63. The molecule has 2 atom stereocenters. The number of anilines is 1. The highest BCUT2D eigenvalue weighted by atomic mass is 32.1. The second-order valence-electron chi connectivity index (χ2n) is 7.55. The first-order chi connectivity index (χ1) is 16.0. The molecule has 7 nitrogen and oxygen atoms in total. The van der Waals surface area contributed by atoms with Crippen LogP contribution in [0, 0.1) is 5.92 Å². The highest BCUT2D eigenvalue weighted by Gasteiger charge is 2.36. The topological polar surface area (TPSA) is 84.8 Å². The predicted molar refractivity (Wildman–Crippen MR) is 132 cm³/mol. The van der Waals surface area contributed by atoms with E-state index in [1.807, 2.05) is 54.6 Å². The number of pyridine rings is 1. The maximum atomic E-state index is 13.2. The number of ether oxygens (including phenoxy) is 2. The molecule has 168 valence electrons. The van der Waals surface area contributed by atoms with Crippen LogP contribution in [-0.4, -0.2) is 28.8 Å². The van der Waals surface area contributed by atoms with Crippen molar-refractivity contribution in [2.24, 2.45) is 10.9 Å². The number of thiocarbonyl (C=S) groups is 1. The van der Waals surface area contributed by atoms with Crippen molar-refractivity contribution < 1.29 is 14.3 Å². The van der Waals surface area contributed by atoms with Crippen molar-refractivity contribution in [3.8, 4) is 11.5 Å². The summed E-state index contributed by atoms with van der Waals surface area (Å²) in [5.41, 5.74) is 2.51. The Morgan fingerprint density at radius 2 is 1.88 bits per heavy atom. The fraction of sp³-hybridized carbons (Fsp3) is 0.200. The van der Waals surface area contributed by atoms with Gasteiger partial charge in [-0.3, -0.25) is 4.79 Å². The van der Waals surface area contributed by atoms with Gasteiger partial charge in [0.2, 0.25) is 5.91 Å². The number of hydrogen-bond acceptors (Lipinski definition) is 5. The van der Waals surface area contributed by atoms with E-state index in [-0.39, 0.29) is 5.91 Å². The third-order valence-electron chi connectivity index (χ3n) is 5.32. The van der Waals surface area contributed by atoms with Crippen LogP contribution in [-0.2, 0) is 11.4 Å². The molecule has 0 fully saturated rings. The maximum Gasteiger partial charge on any atom is 0.236 e. The average molecular weight is 461 g/mol. The summed E-state index contributed by atoms with van der Waals surface area (Å²) < 4.78 is 11.6. The molecule has 1 aromatic heterocycles. The van der Waals surface area contributed by atoms with Crippen molar-refractivity contribution >= 4 is 34.8 Å². The zero-order chi connectivity index (χ0) is 23.2. The largest absolute Gasteiger partial charge is 0.493 e. The number of aliphatic imine (C=N–C) groups is 1. The molecular formula is C25H24N4O3S. The van der Waals surface area contributed by atoms with Crippen molar-refractivity contribution in [1.82, 2.24) is 10.3 Å². The van der Waals surface area contributed by atoms with Crippen LogP contribution in [0.2, 0.25) is 0 Å². The number of nitrogens with one attached hydrogen (secondary N) is 2. The Kier molecular flexibility index (Phi) is 6.95. The molecule has 2 N–H and O–H groups in total. The molecule has 0 spiro atoms. The number of benzene rings is 2. The highest BCUT2D eigenvalue weighted by Crippen LogP contribution is 2.35. The van der Waals surface area contributed by atoms with Crippen LogP contribution in [0.1, 0.15) is 24.1 Å². The fourth-order valence-electron chi connectivity index (χ4n) is 3.71. The Morgan fingerprint density at radius 1 is 1.09 bits per heavy atom. The first kappa shape index (κ1) is 22.4. The van der Waals surface area contributed by atoms with Gasteiger partial charge in [0.25, 0.3) is 0 Å². The Hall–Kier alpha value is -3.78. The van der Waals surface area contributed by atoms with Crippen molar-refractivity contribution in [1.29, 1.82) is 0 Å². The third kappa shape index (κ3) is 5.35. The zero-order valence-electron chi connectivity index (χ0n) is 18.3. The van der Waals surface area contributed by atoms with Gasteiger partial charge in [-0.2, -0.15) is 0 Å². The summed E-state index contributed by atoms with van der Waals surface area (Å²) in [6, 6.07) is 20.4. The van der Waals surface area contributed by atoms with E-state index in [0.717, 1.165) is 11.1 Å². The second-order valence-corrected chi connectivity index (χ2v) is 7.93. The molecule has 0 saturated carbocycles. The Labute approximate surface area is 197 Å². The molecule has 4 rings (SSSR count). The van der Waals surface area contributed by atoms with Crippen LogP contribution >= 0.6 is 12.2 Å². The normalized spacial score (nSPS) is 17.5. The maximum absolute atomic E-state index is 13.2. The number of carbonyl (C=O) groups is 1. The monoisotopic (exact) mass is 460 g/mol. The molecule has 1 aliphatic heterocycles. The highest BCUT2D eigenvalue weighted by molar-refractivity contribution is 7.80. The van der Waals surface area contributed by atoms with E-state index < -0.39 is 12.0 Å². The van der Waals surface area contributed by atoms with E-state index in [0.29, 0.717) is 34.7 Å². The number of aromatic nitrogens is 1. The minimum Gasteiger partial charge on any atom is -0.493 e. The van der Waals surface area contributed by atoms with Gasteiger partial charge >= 0.3 is 0 Å². The van der Waals surface area contributed by atoms with Crippen molar-refractivity contribution in [3.63, 3.8) is 0 Å². The summed E-state index contributed by atoms with van der Waals surface area (Å²) in [5, 5.41) is 6.38. The number of hydrogen-bond donors (Lipinski definition) is 2. The van der Waals surface area contributed by atoms with Crippen molar-refractivity contribution in [3.05, 3.63) is 84.1 Å². The molecule has 1 aliphatic rings. The Balaban J connectivity index is 1.58. The minimum absolute atomic E-state index is 0.224. The summed E-state index contributed by atoms with van der Waals surface area (Å²) >= 11 is 5.31. The van der Waals surface area contributed by atoms with E-state index in [9.17, 15) is 4.79 Å². The van der Waals surface area contributed by atoms with Crippen LogP contribution in [0.5, 0.6) is 11.5 Å². The zero-order valence-corrected chi connectivity index (χ0v) is 19.1. The first-order valence-corrected chi connectivity index (χ1v) is 10.9. The quantitative estimate of drug-likeness (QED) is 0.511. The van der Waals surface area contributed by atoms with E-state index in [1.165, 1.54) is 0 Å². The van der Waals surface area contributed by atoms with Crippen LogP contribution in [0.3, 0.4) is 0 Å². The lowest BCUT2D eigenvalue weighted by atomic mass is 9.87. The molecule has 2 heterocycles. The van der Waals surface area contributed by atoms with Gasteiger partial charge in [-0.05, 0) is 54.5 Å². The molecule has 2 unspecified atom stereocenters. The standard InChI is InChI=1S/C25H24N4O3S/c1-16-22(24(30)28-21-10-6-7-13-26-21)23(29-25(33)27-16)18-11-12-19(20(14-18)31-2)32-15-17-8-4-3-5-9-17/h3-14,22-23H,15H2,1-2H3,(H,29,33)(H,26,28,30). The van der Waals surface area contributed by atoms with Gasteiger partial charge in [-0.25, -0.2) is 9.98 Å². The SMILES string of the molecule is COc1cc(C2NC(=S)N=C(C)C2C(=O)Nc2ccccn2)ccc1OCc1ccccc1. The third-order valence-corrected chi connectivity index (χ3v) is 5.53. The van der Waals surface area contributed by atoms with Crippen LogP contribution in [0.15, 0.2) is 77.9 Å². The molecule has 3 aromatic rings. The Bertz CT molecular complexity index is 1170. The van der Waals surface area contributed by atoms with E-state index in [4.69, 9.17) is 21.7 Å². The van der Waals surface area contributed by atoms with E-state index >= 15 is 0 Å².